The van der Waals surface area contributed by atoms with E-state index in [0.29, 0.717) is 48.6 Å². The van der Waals surface area contributed by atoms with Gasteiger partial charge in [-0.1, -0.05) is 26.8 Å². The molecule has 2 heterocycles. The average Bonchev–Trinajstić information content (AvgIpc) is 2.92. The van der Waals surface area contributed by atoms with Gasteiger partial charge in [0.25, 0.3) is 5.91 Å². The highest BCUT2D eigenvalue weighted by Gasteiger charge is 2.20. The van der Waals surface area contributed by atoms with Crippen molar-refractivity contribution in [3.63, 3.8) is 0 Å². The monoisotopic (exact) mass is 556 g/mol. The lowest BCUT2D eigenvalue weighted by molar-refractivity contribution is -0.129. The Hall–Kier alpha value is -3.66. The summed E-state index contributed by atoms with van der Waals surface area (Å²) in [5.74, 6) is -0.432. The van der Waals surface area contributed by atoms with Gasteiger partial charge in [-0.05, 0) is 74.2 Å². The number of nitrogens with one attached hydrogen (secondary N) is 3. The number of rotatable bonds is 4. The first kappa shape index (κ1) is 30.9. The van der Waals surface area contributed by atoms with Gasteiger partial charge in [-0.3, -0.25) is 14.4 Å². The van der Waals surface area contributed by atoms with Crippen molar-refractivity contribution in [1.29, 1.82) is 0 Å². The van der Waals surface area contributed by atoms with Crippen LogP contribution in [0.2, 0.25) is 0 Å². The van der Waals surface area contributed by atoms with Crippen molar-refractivity contribution in [2.45, 2.75) is 59.0 Å². The fourth-order valence-corrected chi connectivity index (χ4v) is 4.57. The number of methoxy groups -OCH3 is 1. The van der Waals surface area contributed by atoms with Crippen LogP contribution in [0.3, 0.4) is 0 Å². The molecule has 218 valence electrons. The minimum atomic E-state index is -0.670. The summed E-state index contributed by atoms with van der Waals surface area (Å²) in [5.41, 5.74) is 0.896. The number of nitrogens with zero attached hydrogens (tertiary/aromatic N) is 1. The molecule has 0 aromatic heterocycles. The van der Waals surface area contributed by atoms with Crippen molar-refractivity contribution >= 4 is 17.7 Å². The highest BCUT2D eigenvalue weighted by Crippen LogP contribution is 2.34. The molecule has 10 heteroatoms. The first-order valence-corrected chi connectivity index (χ1v) is 13.9. The molecule has 3 amide bonds. The van der Waals surface area contributed by atoms with Crippen molar-refractivity contribution in [2.75, 3.05) is 33.3 Å². The van der Waals surface area contributed by atoms with E-state index >= 15 is 0 Å². The fraction of sp³-hybridized carbons (Fsp3) is 0.500. The molecule has 0 fully saturated rings. The number of halogens is 1. The number of ether oxygens (including phenoxy) is 2. The van der Waals surface area contributed by atoms with Gasteiger partial charge in [0.15, 0.2) is 23.1 Å². The minimum Gasteiger partial charge on any atom is -0.493 e. The van der Waals surface area contributed by atoms with Crippen LogP contribution in [0.5, 0.6) is 17.2 Å². The van der Waals surface area contributed by atoms with Gasteiger partial charge in [-0.2, -0.15) is 0 Å². The van der Waals surface area contributed by atoms with Gasteiger partial charge < -0.3 is 30.3 Å². The molecule has 0 aliphatic carbocycles. The third kappa shape index (κ3) is 9.22. The Kier molecular flexibility index (Phi) is 11.7. The van der Waals surface area contributed by atoms with Crippen LogP contribution in [-0.2, 0) is 16.1 Å². The number of carbonyl (C=O) groups excluding carboxylic acids is 3. The number of amides is 3. The molecule has 4 bridgehead atoms. The van der Waals surface area contributed by atoms with Gasteiger partial charge in [0.2, 0.25) is 11.8 Å². The number of hydrogen-bond acceptors (Lipinski definition) is 6. The second kappa shape index (κ2) is 15.2. The Morgan fingerprint density at radius 1 is 1.05 bits per heavy atom. The maximum atomic E-state index is 14.9. The molecule has 9 nitrogen and oxygen atoms in total. The minimum absolute atomic E-state index is 0.0479. The largest absolute Gasteiger partial charge is 0.493 e. The van der Waals surface area contributed by atoms with Gasteiger partial charge in [-0.25, -0.2) is 4.39 Å². The van der Waals surface area contributed by atoms with Crippen molar-refractivity contribution < 1.29 is 28.2 Å². The average molecular weight is 557 g/mol. The molecular weight excluding hydrogens is 515 g/mol. The Morgan fingerprint density at radius 3 is 2.52 bits per heavy atom. The lowest BCUT2D eigenvalue weighted by Crippen LogP contribution is -2.46. The normalized spacial score (nSPS) is 18.4. The van der Waals surface area contributed by atoms with E-state index in [1.54, 1.807) is 18.2 Å². The van der Waals surface area contributed by atoms with Gasteiger partial charge in [0.05, 0.1) is 7.11 Å². The summed E-state index contributed by atoms with van der Waals surface area (Å²) in [4.78, 5) is 40.4. The Labute approximate surface area is 235 Å². The van der Waals surface area contributed by atoms with E-state index in [1.165, 1.54) is 25.3 Å². The molecule has 1 atom stereocenters. The van der Waals surface area contributed by atoms with Crippen molar-refractivity contribution in [3.05, 3.63) is 53.3 Å². The van der Waals surface area contributed by atoms with Crippen LogP contribution in [0, 0.1) is 11.7 Å². The summed E-state index contributed by atoms with van der Waals surface area (Å²) >= 11 is 0. The zero-order valence-corrected chi connectivity index (χ0v) is 23.8. The third-order valence-electron chi connectivity index (χ3n) is 6.61. The summed E-state index contributed by atoms with van der Waals surface area (Å²) < 4.78 is 26.1. The number of carbonyl (C=O) groups is 3. The van der Waals surface area contributed by atoms with Crippen molar-refractivity contribution in [3.8, 4) is 17.2 Å². The first-order valence-electron chi connectivity index (χ1n) is 13.9. The van der Waals surface area contributed by atoms with Crippen LogP contribution < -0.4 is 25.4 Å². The predicted octanol–water partition coefficient (Wildman–Crippen LogP) is 4.01. The molecule has 4 rings (SSSR count). The summed E-state index contributed by atoms with van der Waals surface area (Å²) in [7, 11) is 1.47. The summed E-state index contributed by atoms with van der Waals surface area (Å²) in [6.07, 6.45) is 2.13. The van der Waals surface area contributed by atoms with E-state index < -0.39 is 11.9 Å². The van der Waals surface area contributed by atoms with Crippen molar-refractivity contribution in [1.82, 2.24) is 20.9 Å². The van der Waals surface area contributed by atoms with E-state index in [-0.39, 0.29) is 35.8 Å². The van der Waals surface area contributed by atoms with E-state index in [4.69, 9.17) is 9.47 Å². The standard InChI is InChI=1S/C30H41FN4O5/c1-5-24-30(38)33-18-21-9-11-25(23(31)16-21)40-27-17-22(10-12-26(27)39-4)29(37)32-13-7-15-35(19-20(2)3)14-6-8-28(36)34-24/h9-12,16-17,20,24H,5-8,13-15,18-19H2,1-4H3,(H,32,37)(H,33,38)(H,34,36)/t24-/m0/s1. The molecular formula is C30H41FN4O5. The highest BCUT2D eigenvalue weighted by molar-refractivity contribution is 5.94. The molecule has 2 aromatic rings. The summed E-state index contributed by atoms with van der Waals surface area (Å²) in [6, 6.07) is 8.46. The van der Waals surface area contributed by atoms with Crippen molar-refractivity contribution in [2.24, 2.45) is 5.92 Å². The lowest BCUT2D eigenvalue weighted by atomic mass is 10.1. The number of benzene rings is 2. The Bertz CT molecular complexity index is 1170. The van der Waals surface area contributed by atoms with Gasteiger partial charge in [0, 0.05) is 31.6 Å². The molecule has 0 unspecified atom stereocenters. The topological polar surface area (TPSA) is 109 Å². The smallest absolute Gasteiger partial charge is 0.251 e. The molecule has 0 saturated heterocycles. The Balaban J connectivity index is 1.83. The van der Waals surface area contributed by atoms with Gasteiger partial charge in [-0.15, -0.1) is 0 Å². The van der Waals surface area contributed by atoms with E-state index in [9.17, 15) is 18.8 Å². The first-order chi connectivity index (χ1) is 19.2. The lowest BCUT2D eigenvalue weighted by Gasteiger charge is -2.24. The molecule has 2 aliphatic rings. The summed E-state index contributed by atoms with van der Waals surface area (Å²) in [5, 5.41) is 8.53. The van der Waals surface area contributed by atoms with Crippen LogP contribution in [0.1, 0.15) is 62.4 Å². The maximum Gasteiger partial charge on any atom is 0.251 e. The van der Waals surface area contributed by atoms with Crippen LogP contribution in [0.15, 0.2) is 36.4 Å². The molecule has 0 spiro atoms. The van der Waals surface area contributed by atoms with Gasteiger partial charge >= 0.3 is 0 Å². The van der Waals surface area contributed by atoms with Crippen LogP contribution in [0.25, 0.3) is 0 Å². The highest BCUT2D eigenvalue weighted by atomic mass is 19.1. The zero-order valence-electron chi connectivity index (χ0n) is 23.8. The van der Waals surface area contributed by atoms with Crippen LogP contribution >= 0.6 is 0 Å². The maximum absolute atomic E-state index is 14.9. The third-order valence-corrected chi connectivity index (χ3v) is 6.61. The molecule has 0 radical (unpaired) electrons. The molecule has 2 aliphatic heterocycles. The second-order valence-corrected chi connectivity index (χ2v) is 10.4. The Morgan fingerprint density at radius 2 is 1.82 bits per heavy atom. The second-order valence-electron chi connectivity index (χ2n) is 10.4. The molecule has 2 aromatic carbocycles. The molecule has 40 heavy (non-hydrogen) atoms. The number of fused-ring (bicyclic) bond motifs is 16. The quantitative estimate of drug-likeness (QED) is 0.525. The SMILES string of the molecule is CC[C@@H]1NC(=O)CCCN(CC(C)C)CCCNC(=O)c2ccc(OC)c(c2)Oc2ccc(cc2F)CNC1=O. The fourth-order valence-electron chi connectivity index (χ4n) is 4.57. The van der Waals surface area contributed by atoms with E-state index in [1.807, 2.05) is 6.92 Å². The predicted molar refractivity (Wildman–Crippen MR) is 151 cm³/mol. The zero-order chi connectivity index (χ0) is 29.1. The number of hydrogen-bond donors (Lipinski definition) is 3. The van der Waals surface area contributed by atoms with Gasteiger partial charge in [0.1, 0.15) is 6.04 Å². The summed E-state index contributed by atoms with van der Waals surface area (Å²) in [6.45, 7) is 9.07. The van der Waals surface area contributed by atoms with Crippen LogP contribution in [-0.4, -0.2) is 62.0 Å². The molecule has 3 N–H and O–H groups in total. The van der Waals surface area contributed by atoms with E-state index in [0.717, 1.165) is 26.1 Å². The molecule has 0 saturated carbocycles. The van der Waals surface area contributed by atoms with Crippen LogP contribution in [0.4, 0.5) is 4.39 Å². The van der Waals surface area contributed by atoms with E-state index in [2.05, 4.69) is 34.7 Å².